The van der Waals surface area contributed by atoms with Gasteiger partial charge >= 0.3 is 11.4 Å². The number of nitrogens with zero attached hydrogens (tertiary/aromatic N) is 2. The highest BCUT2D eigenvalue weighted by Crippen LogP contribution is 2.37. The van der Waals surface area contributed by atoms with Crippen molar-refractivity contribution in [2.45, 2.75) is 26.4 Å². The molecule has 1 aromatic carbocycles. The van der Waals surface area contributed by atoms with E-state index in [1.165, 1.54) is 12.1 Å². The molecule has 1 rings (SSSR count). The molecule has 0 saturated carbocycles. The van der Waals surface area contributed by atoms with Crippen molar-refractivity contribution in [2.24, 2.45) is 0 Å². The van der Waals surface area contributed by atoms with Gasteiger partial charge in [-0.05, 0) is 26.8 Å². The topological polar surface area (TPSA) is 95.5 Å². The largest absolute Gasteiger partial charge is 0.481 e. The molecule has 0 saturated heterocycles. The lowest BCUT2D eigenvalue weighted by molar-refractivity contribution is -0.423. The van der Waals surface area contributed by atoms with E-state index in [1.807, 2.05) is 0 Å². The minimum Gasteiger partial charge on any atom is -0.481 e. The van der Waals surface area contributed by atoms with E-state index in [-0.39, 0.29) is 5.75 Å². The highest BCUT2D eigenvalue weighted by Gasteiger charge is 2.31. The summed E-state index contributed by atoms with van der Waals surface area (Å²) in [7, 11) is 0. The van der Waals surface area contributed by atoms with E-state index in [0.29, 0.717) is 0 Å². The van der Waals surface area contributed by atoms with Crippen LogP contribution in [-0.4, -0.2) is 15.4 Å². The molecule has 0 N–H and O–H groups in total. The Morgan fingerprint density at radius 2 is 1.71 bits per heavy atom. The highest BCUT2D eigenvalue weighted by atomic mass is 16.6. The van der Waals surface area contributed by atoms with Crippen LogP contribution in [0.1, 0.15) is 20.8 Å². The van der Waals surface area contributed by atoms with Crippen molar-refractivity contribution in [3.8, 4) is 5.75 Å². The van der Waals surface area contributed by atoms with E-state index in [4.69, 9.17) is 4.74 Å². The van der Waals surface area contributed by atoms with Crippen LogP contribution in [0.4, 0.5) is 11.4 Å². The smallest absolute Gasteiger partial charge is 0.387 e. The predicted molar refractivity (Wildman–Crippen MR) is 60.1 cm³/mol. The van der Waals surface area contributed by atoms with Crippen molar-refractivity contribution < 1.29 is 14.6 Å². The summed E-state index contributed by atoms with van der Waals surface area (Å²) in [5.41, 5.74) is -1.86. The van der Waals surface area contributed by atoms with Gasteiger partial charge in [0.2, 0.25) is 5.75 Å². The summed E-state index contributed by atoms with van der Waals surface area (Å²) in [6.07, 6.45) is 0. The fraction of sp³-hybridized carbons (Fsp3) is 0.400. The lowest BCUT2D eigenvalue weighted by atomic mass is 10.2. The van der Waals surface area contributed by atoms with Crippen LogP contribution < -0.4 is 4.74 Å². The van der Waals surface area contributed by atoms with E-state index in [0.717, 1.165) is 6.07 Å². The standard InChI is InChI=1S/C10H12N2O5/c1-10(2,3)17-8-6-4-5-7(11(13)14)9(8)12(15)16/h4-6H,1-3H3. The van der Waals surface area contributed by atoms with Crippen LogP contribution >= 0.6 is 0 Å². The van der Waals surface area contributed by atoms with Gasteiger partial charge in [-0.3, -0.25) is 20.2 Å². The van der Waals surface area contributed by atoms with E-state index < -0.39 is 26.8 Å². The zero-order valence-corrected chi connectivity index (χ0v) is 9.67. The molecule has 0 bridgehead atoms. The highest BCUT2D eigenvalue weighted by molar-refractivity contribution is 5.61. The first-order chi connectivity index (χ1) is 7.72. The molecular weight excluding hydrogens is 228 g/mol. The molecule has 0 unspecified atom stereocenters. The molecule has 0 aliphatic rings. The van der Waals surface area contributed by atoms with Crippen molar-refractivity contribution in [1.82, 2.24) is 0 Å². The third kappa shape index (κ3) is 3.13. The van der Waals surface area contributed by atoms with Crippen LogP contribution in [0.15, 0.2) is 18.2 Å². The van der Waals surface area contributed by atoms with Gasteiger partial charge in [0.15, 0.2) is 0 Å². The Labute approximate surface area is 97.3 Å². The first kappa shape index (κ1) is 12.9. The third-order valence-electron chi connectivity index (χ3n) is 1.77. The number of hydrogen-bond acceptors (Lipinski definition) is 5. The Kier molecular flexibility index (Phi) is 3.31. The summed E-state index contributed by atoms with van der Waals surface area (Å²) in [6.45, 7) is 5.11. The molecule has 0 aromatic heterocycles. The number of nitro benzene ring substituents is 2. The number of rotatable bonds is 3. The first-order valence-electron chi connectivity index (χ1n) is 4.83. The molecule has 92 valence electrons. The quantitative estimate of drug-likeness (QED) is 0.597. The summed E-state index contributed by atoms with van der Waals surface area (Å²) in [4.78, 5) is 19.9. The van der Waals surface area contributed by atoms with Gasteiger partial charge in [0, 0.05) is 6.07 Å². The Hall–Kier alpha value is -2.18. The average Bonchev–Trinajstić information content (AvgIpc) is 2.14. The van der Waals surface area contributed by atoms with Gasteiger partial charge in [0.25, 0.3) is 0 Å². The predicted octanol–water partition coefficient (Wildman–Crippen LogP) is 2.68. The Balaban J connectivity index is 3.35. The van der Waals surface area contributed by atoms with E-state index in [1.54, 1.807) is 20.8 Å². The monoisotopic (exact) mass is 240 g/mol. The number of para-hydroxylation sites is 1. The maximum atomic E-state index is 10.9. The third-order valence-corrected chi connectivity index (χ3v) is 1.77. The maximum absolute atomic E-state index is 10.9. The molecule has 0 fully saturated rings. The van der Waals surface area contributed by atoms with E-state index in [2.05, 4.69) is 0 Å². The van der Waals surface area contributed by atoms with E-state index in [9.17, 15) is 20.2 Å². The van der Waals surface area contributed by atoms with E-state index >= 15 is 0 Å². The molecule has 0 atom stereocenters. The number of nitro groups is 2. The SMILES string of the molecule is CC(C)(C)Oc1cccc([N+](=O)[O-])c1[N+](=O)[O-]. The van der Waals surface area contributed by atoms with Crippen LogP contribution in [0.2, 0.25) is 0 Å². The Morgan fingerprint density at radius 3 is 2.12 bits per heavy atom. The van der Waals surface area contributed by atoms with Crippen molar-refractivity contribution in [3.63, 3.8) is 0 Å². The van der Waals surface area contributed by atoms with Crippen molar-refractivity contribution >= 4 is 11.4 Å². The van der Waals surface area contributed by atoms with Crippen LogP contribution in [0.5, 0.6) is 5.75 Å². The van der Waals surface area contributed by atoms with Gasteiger partial charge in [-0.1, -0.05) is 6.07 Å². The second-order valence-corrected chi connectivity index (χ2v) is 4.35. The van der Waals surface area contributed by atoms with Crippen molar-refractivity contribution in [2.75, 3.05) is 0 Å². The zero-order chi connectivity index (χ0) is 13.2. The minimum atomic E-state index is -0.806. The van der Waals surface area contributed by atoms with Gasteiger partial charge in [-0.15, -0.1) is 0 Å². The normalized spacial score (nSPS) is 11.0. The van der Waals surface area contributed by atoms with Crippen LogP contribution in [0.25, 0.3) is 0 Å². The Bertz CT molecular complexity index is 464. The van der Waals surface area contributed by atoms with Gasteiger partial charge in [-0.25, -0.2) is 0 Å². The molecular formula is C10H12N2O5. The van der Waals surface area contributed by atoms with Gasteiger partial charge < -0.3 is 4.74 Å². The second kappa shape index (κ2) is 4.36. The fourth-order valence-electron chi connectivity index (χ4n) is 1.25. The molecule has 0 spiro atoms. The lowest BCUT2D eigenvalue weighted by Crippen LogP contribution is -2.23. The van der Waals surface area contributed by atoms with Crippen molar-refractivity contribution in [1.29, 1.82) is 0 Å². The van der Waals surface area contributed by atoms with Crippen molar-refractivity contribution in [3.05, 3.63) is 38.4 Å². The maximum Gasteiger partial charge on any atom is 0.387 e. The molecule has 0 heterocycles. The molecule has 0 radical (unpaired) electrons. The molecule has 0 aliphatic carbocycles. The lowest BCUT2D eigenvalue weighted by Gasteiger charge is -2.20. The second-order valence-electron chi connectivity index (χ2n) is 4.35. The average molecular weight is 240 g/mol. The molecule has 0 aliphatic heterocycles. The number of ether oxygens (including phenoxy) is 1. The molecule has 7 heteroatoms. The van der Waals surface area contributed by atoms with Crippen LogP contribution in [-0.2, 0) is 0 Å². The number of hydrogen-bond donors (Lipinski definition) is 0. The molecule has 1 aromatic rings. The fourth-order valence-corrected chi connectivity index (χ4v) is 1.25. The Morgan fingerprint density at radius 1 is 1.12 bits per heavy atom. The van der Waals surface area contributed by atoms with Gasteiger partial charge in [-0.2, -0.15) is 0 Å². The number of benzene rings is 1. The molecule has 7 nitrogen and oxygen atoms in total. The van der Waals surface area contributed by atoms with Gasteiger partial charge in [0.05, 0.1) is 9.85 Å². The summed E-state index contributed by atoms with van der Waals surface area (Å²) in [6, 6.07) is 3.77. The first-order valence-corrected chi connectivity index (χ1v) is 4.83. The van der Waals surface area contributed by atoms with Crippen LogP contribution in [0.3, 0.4) is 0 Å². The van der Waals surface area contributed by atoms with Gasteiger partial charge in [0.1, 0.15) is 5.60 Å². The summed E-state index contributed by atoms with van der Waals surface area (Å²) in [5, 5.41) is 21.5. The summed E-state index contributed by atoms with van der Waals surface area (Å²) >= 11 is 0. The summed E-state index contributed by atoms with van der Waals surface area (Å²) < 4.78 is 5.34. The van der Waals surface area contributed by atoms with Crippen LogP contribution in [0, 0.1) is 20.2 Å². The molecule has 0 amide bonds. The summed E-state index contributed by atoms with van der Waals surface area (Å²) in [5.74, 6) is -0.100. The molecule has 17 heavy (non-hydrogen) atoms. The minimum absolute atomic E-state index is 0.100. The zero-order valence-electron chi connectivity index (χ0n) is 9.67.